The summed E-state index contributed by atoms with van der Waals surface area (Å²) >= 11 is 0. The summed E-state index contributed by atoms with van der Waals surface area (Å²) in [5, 5.41) is 0. The Labute approximate surface area is 320 Å². The van der Waals surface area contributed by atoms with Crippen LogP contribution in [0.25, 0.3) is 0 Å². The highest BCUT2D eigenvalue weighted by Crippen LogP contribution is 2.32. The number of methoxy groups -OCH3 is 3. The number of ether oxygens (including phenoxy) is 3. The Morgan fingerprint density at radius 2 is 1.43 bits per heavy atom. The van der Waals surface area contributed by atoms with Crippen molar-refractivity contribution in [2.24, 2.45) is 41.4 Å². The molecule has 10 nitrogen and oxygen atoms in total. The Hall–Kier alpha value is -3.11. The van der Waals surface area contributed by atoms with Gasteiger partial charge in [-0.3, -0.25) is 24.0 Å². The maximum absolute atomic E-state index is 14.2. The van der Waals surface area contributed by atoms with Gasteiger partial charge in [0.2, 0.25) is 11.8 Å². The van der Waals surface area contributed by atoms with Gasteiger partial charge in [-0.25, -0.2) is 0 Å². The summed E-state index contributed by atoms with van der Waals surface area (Å²) in [6.07, 6.45) is 2.43. The molecule has 9 atom stereocenters. The molecule has 1 fully saturated rings. The van der Waals surface area contributed by atoms with E-state index in [1.165, 1.54) is 7.11 Å². The summed E-state index contributed by atoms with van der Waals surface area (Å²) in [6, 6.07) is 8.82. The lowest BCUT2D eigenvalue weighted by molar-refractivity contribution is -0.150. The first-order chi connectivity index (χ1) is 25.1. The number of nitrogens with zero attached hydrogens (tertiary/aromatic N) is 2. The highest BCUT2D eigenvalue weighted by Gasteiger charge is 2.43. The number of ketones is 2. The number of carbonyl (C=O) groups is 5. The van der Waals surface area contributed by atoms with Crippen LogP contribution in [0.3, 0.4) is 0 Å². The maximum Gasteiger partial charge on any atom is 0.309 e. The summed E-state index contributed by atoms with van der Waals surface area (Å²) in [6.45, 7) is 16.6. The van der Waals surface area contributed by atoms with Gasteiger partial charge in [-0.15, -0.1) is 0 Å². The number of hydrogen-bond acceptors (Lipinski definition) is 8. The van der Waals surface area contributed by atoms with Crippen LogP contribution < -0.4 is 0 Å². The summed E-state index contributed by atoms with van der Waals surface area (Å²) < 4.78 is 17.1. The van der Waals surface area contributed by atoms with Gasteiger partial charge in [0, 0.05) is 58.4 Å². The molecule has 10 heteroatoms. The second-order valence-corrected chi connectivity index (χ2v) is 15.9. The molecule has 0 bridgehead atoms. The molecule has 0 aromatic heterocycles. The topological polar surface area (TPSA) is 120 Å². The van der Waals surface area contributed by atoms with E-state index in [1.807, 2.05) is 62.9 Å². The largest absolute Gasteiger partial charge is 0.469 e. The second-order valence-electron chi connectivity index (χ2n) is 15.9. The van der Waals surface area contributed by atoms with E-state index < -0.39 is 42.0 Å². The minimum absolute atomic E-state index is 0.00545. The van der Waals surface area contributed by atoms with Gasteiger partial charge < -0.3 is 24.0 Å². The van der Waals surface area contributed by atoms with Gasteiger partial charge in [-0.05, 0) is 49.0 Å². The summed E-state index contributed by atoms with van der Waals surface area (Å²) in [4.78, 5) is 71.8. The van der Waals surface area contributed by atoms with Crippen LogP contribution >= 0.6 is 0 Å². The molecule has 1 saturated heterocycles. The standard InChI is InChI=1S/C43H70N2O8/c1-13-29(7)40(44(9)42(49)34(28(5)6)25-37(47)33(14-2)27(3)4)38(51-10)26-39(48)45-22-18-21-35(45)41(52-11)30(8)36(46)24-32(43(50)53-12)23-31-19-16-15-17-20-31/h15-17,19-20,27-30,32-35,38,40-41H,13-14,18,21-26H2,1-12H3/t29-,30-,32+,33-,34-,35-,38+,40-,41+/m0/s1. The first kappa shape index (κ1) is 46.0. The number of carbonyl (C=O) groups excluding carboxylic acids is 5. The molecule has 0 aliphatic carbocycles. The minimum Gasteiger partial charge on any atom is -0.469 e. The Kier molecular flexibility index (Phi) is 19.4. The molecule has 2 amide bonds. The van der Waals surface area contributed by atoms with Crippen LogP contribution in [0, 0.1) is 41.4 Å². The molecule has 53 heavy (non-hydrogen) atoms. The SMILES string of the molecule is CC[C@H](C(=O)C[C@H](C(=O)N(C)[C@@H]([C@@H](C)CC)[C@@H](CC(=O)N1CCC[C@H]1[C@H](OC)[C@@H](C)C(=O)C[C@@H](Cc1ccccc1)C(=O)OC)OC)C(C)C)C(C)C. The van der Waals surface area contributed by atoms with E-state index in [-0.39, 0.29) is 72.4 Å². The maximum atomic E-state index is 14.2. The zero-order chi connectivity index (χ0) is 40.0. The molecular weight excluding hydrogens is 672 g/mol. The van der Waals surface area contributed by atoms with Crippen molar-refractivity contribution in [3.8, 4) is 0 Å². The van der Waals surface area contributed by atoms with Crippen LogP contribution in [0.5, 0.6) is 0 Å². The van der Waals surface area contributed by atoms with E-state index >= 15 is 0 Å². The lowest BCUT2D eigenvalue weighted by Gasteiger charge is -2.41. The molecule has 1 aliphatic rings. The molecule has 1 aromatic rings. The van der Waals surface area contributed by atoms with Gasteiger partial charge in [0.05, 0.1) is 43.7 Å². The van der Waals surface area contributed by atoms with E-state index in [1.54, 1.807) is 26.2 Å². The van der Waals surface area contributed by atoms with Crippen molar-refractivity contribution >= 4 is 29.4 Å². The Morgan fingerprint density at radius 1 is 0.811 bits per heavy atom. The van der Waals surface area contributed by atoms with Gasteiger partial charge in [0.1, 0.15) is 11.6 Å². The number of likely N-dealkylation sites (tertiary alicyclic amines) is 1. The number of esters is 1. The van der Waals surface area contributed by atoms with Crippen LogP contribution in [0.2, 0.25) is 0 Å². The van der Waals surface area contributed by atoms with Gasteiger partial charge in [-0.2, -0.15) is 0 Å². The van der Waals surface area contributed by atoms with Crippen molar-refractivity contribution in [1.82, 2.24) is 9.80 Å². The van der Waals surface area contributed by atoms with Crippen molar-refractivity contribution in [3.63, 3.8) is 0 Å². The summed E-state index contributed by atoms with van der Waals surface area (Å²) in [5.41, 5.74) is 0.944. The molecule has 1 aliphatic heterocycles. The zero-order valence-corrected chi connectivity index (χ0v) is 34.8. The number of hydrogen-bond donors (Lipinski definition) is 0. The quantitative estimate of drug-likeness (QED) is 0.112. The first-order valence-electron chi connectivity index (χ1n) is 19.9. The normalized spacial score (nSPS) is 19.2. The van der Waals surface area contributed by atoms with Crippen LogP contribution in [0.1, 0.15) is 106 Å². The third-order valence-electron chi connectivity index (χ3n) is 11.9. The van der Waals surface area contributed by atoms with E-state index in [4.69, 9.17) is 14.2 Å². The molecule has 0 radical (unpaired) electrons. The van der Waals surface area contributed by atoms with E-state index in [0.29, 0.717) is 19.4 Å². The summed E-state index contributed by atoms with van der Waals surface area (Å²) in [7, 11) is 6.26. The number of Topliss-reactive ketones (excluding diaryl/α,β-unsaturated/α-hetero) is 2. The number of likely N-dealkylation sites (N-methyl/N-ethyl adjacent to an activating group) is 1. The van der Waals surface area contributed by atoms with Crippen LogP contribution in [0.4, 0.5) is 0 Å². The molecule has 0 saturated carbocycles. The predicted octanol–water partition coefficient (Wildman–Crippen LogP) is 6.81. The molecule has 2 rings (SSSR count). The zero-order valence-electron chi connectivity index (χ0n) is 34.8. The molecule has 0 N–H and O–H groups in total. The lowest BCUT2D eigenvalue weighted by Crippen LogP contribution is -2.54. The van der Waals surface area contributed by atoms with E-state index in [9.17, 15) is 24.0 Å². The number of rotatable bonds is 23. The van der Waals surface area contributed by atoms with Crippen LogP contribution in [-0.2, 0) is 44.6 Å². The fourth-order valence-corrected chi connectivity index (χ4v) is 8.38. The minimum atomic E-state index is -0.632. The van der Waals surface area contributed by atoms with Crippen molar-refractivity contribution in [3.05, 3.63) is 35.9 Å². The van der Waals surface area contributed by atoms with Crippen molar-refractivity contribution < 1.29 is 38.2 Å². The lowest BCUT2D eigenvalue weighted by atomic mass is 9.80. The predicted molar refractivity (Wildman–Crippen MR) is 208 cm³/mol. The first-order valence-corrected chi connectivity index (χ1v) is 19.9. The van der Waals surface area contributed by atoms with Gasteiger partial charge in [-0.1, -0.05) is 92.1 Å². The molecule has 1 aromatic carbocycles. The third kappa shape index (κ3) is 12.5. The van der Waals surface area contributed by atoms with Crippen molar-refractivity contribution in [2.75, 3.05) is 34.9 Å². The molecule has 300 valence electrons. The third-order valence-corrected chi connectivity index (χ3v) is 11.9. The van der Waals surface area contributed by atoms with Crippen LogP contribution in [-0.4, -0.2) is 98.4 Å². The Balaban J connectivity index is 2.27. The molecule has 0 unspecified atom stereocenters. The summed E-state index contributed by atoms with van der Waals surface area (Å²) in [5.74, 6) is -2.24. The van der Waals surface area contributed by atoms with Crippen LogP contribution in [0.15, 0.2) is 30.3 Å². The molecule has 0 spiro atoms. The van der Waals surface area contributed by atoms with Gasteiger partial charge in [0.15, 0.2) is 0 Å². The average molecular weight is 743 g/mol. The van der Waals surface area contributed by atoms with Gasteiger partial charge in [0.25, 0.3) is 0 Å². The Morgan fingerprint density at radius 3 is 1.94 bits per heavy atom. The fourth-order valence-electron chi connectivity index (χ4n) is 8.38. The Bertz CT molecular complexity index is 1320. The van der Waals surface area contributed by atoms with Gasteiger partial charge >= 0.3 is 5.97 Å². The second kappa shape index (κ2) is 22.3. The average Bonchev–Trinajstić information content (AvgIpc) is 3.62. The highest BCUT2D eigenvalue weighted by molar-refractivity contribution is 5.89. The van der Waals surface area contributed by atoms with E-state index in [2.05, 4.69) is 27.7 Å². The number of benzene rings is 1. The van der Waals surface area contributed by atoms with Crippen molar-refractivity contribution in [2.45, 2.75) is 131 Å². The van der Waals surface area contributed by atoms with E-state index in [0.717, 1.165) is 24.8 Å². The monoisotopic (exact) mass is 743 g/mol. The fraction of sp³-hybridized carbons (Fsp3) is 0.744. The highest BCUT2D eigenvalue weighted by atomic mass is 16.5. The van der Waals surface area contributed by atoms with Crippen molar-refractivity contribution in [1.29, 1.82) is 0 Å². The number of amides is 2. The smallest absolute Gasteiger partial charge is 0.309 e. The molecular formula is C43H70N2O8. The molecule has 1 heterocycles.